The Balaban J connectivity index is 1.80. The van der Waals surface area contributed by atoms with Crippen LogP contribution in [-0.4, -0.2) is 12.5 Å². The van der Waals surface area contributed by atoms with Gasteiger partial charge in [0, 0.05) is 5.02 Å². The van der Waals surface area contributed by atoms with E-state index in [0.717, 1.165) is 11.3 Å². The number of rotatable bonds is 6. The summed E-state index contributed by atoms with van der Waals surface area (Å²) < 4.78 is 5.28. The maximum Gasteiger partial charge on any atom is 0.234 e. The van der Waals surface area contributed by atoms with E-state index in [-0.39, 0.29) is 24.5 Å². The fourth-order valence-electron chi connectivity index (χ4n) is 2.01. The summed E-state index contributed by atoms with van der Waals surface area (Å²) in [5.74, 6) is 0.754. The molecule has 0 spiro atoms. The third-order valence-electron chi connectivity index (χ3n) is 3.29. The summed E-state index contributed by atoms with van der Waals surface area (Å²) in [4.78, 5) is 11.9. The predicted molar refractivity (Wildman–Crippen MR) is 83.1 cm³/mol. The van der Waals surface area contributed by atoms with Crippen molar-refractivity contribution in [3.63, 3.8) is 0 Å². The van der Waals surface area contributed by atoms with Crippen LogP contribution < -0.4 is 10.6 Å². The number of halogens is 1. The number of amides is 1. The first-order chi connectivity index (χ1) is 10.1. The van der Waals surface area contributed by atoms with Gasteiger partial charge in [-0.2, -0.15) is 0 Å². The summed E-state index contributed by atoms with van der Waals surface area (Å²) >= 11 is 5.85. The monoisotopic (exact) mass is 306 g/mol. The molecule has 1 heterocycles. The second kappa shape index (κ2) is 7.29. The normalized spacial score (nSPS) is 13.7. The zero-order valence-electron chi connectivity index (χ0n) is 12.1. The van der Waals surface area contributed by atoms with Gasteiger partial charge in [0.15, 0.2) is 0 Å². The first-order valence-electron chi connectivity index (χ1n) is 6.88. The van der Waals surface area contributed by atoms with Crippen LogP contribution in [-0.2, 0) is 4.79 Å². The van der Waals surface area contributed by atoms with E-state index in [4.69, 9.17) is 16.0 Å². The molecule has 0 fully saturated rings. The van der Waals surface area contributed by atoms with Crippen LogP contribution >= 0.6 is 11.6 Å². The van der Waals surface area contributed by atoms with Gasteiger partial charge >= 0.3 is 0 Å². The average molecular weight is 307 g/mol. The van der Waals surface area contributed by atoms with Gasteiger partial charge in [-0.25, -0.2) is 0 Å². The molecule has 0 saturated heterocycles. The van der Waals surface area contributed by atoms with Crippen molar-refractivity contribution in [1.82, 2.24) is 10.6 Å². The summed E-state index contributed by atoms with van der Waals surface area (Å²) in [5.41, 5.74) is 1.02. The van der Waals surface area contributed by atoms with Crippen LogP contribution in [0.3, 0.4) is 0 Å². The highest BCUT2D eigenvalue weighted by molar-refractivity contribution is 6.30. The molecule has 0 unspecified atom stereocenters. The number of hydrogen-bond donors (Lipinski definition) is 2. The first kappa shape index (κ1) is 15.6. The minimum Gasteiger partial charge on any atom is -0.468 e. The van der Waals surface area contributed by atoms with Gasteiger partial charge in [0.1, 0.15) is 5.76 Å². The SMILES string of the molecule is C[C@@H](NC(=O)CN[C@H](C)c1ccco1)c1ccc(Cl)cc1. The summed E-state index contributed by atoms with van der Waals surface area (Å²) in [6.07, 6.45) is 1.62. The zero-order chi connectivity index (χ0) is 15.2. The highest BCUT2D eigenvalue weighted by atomic mass is 35.5. The number of carbonyl (C=O) groups excluding carboxylic acids is 1. The van der Waals surface area contributed by atoms with Crippen LogP contribution in [0.2, 0.25) is 5.02 Å². The van der Waals surface area contributed by atoms with Gasteiger partial charge in [-0.3, -0.25) is 10.1 Å². The molecule has 21 heavy (non-hydrogen) atoms. The van der Waals surface area contributed by atoms with E-state index in [9.17, 15) is 4.79 Å². The molecule has 2 aromatic rings. The largest absolute Gasteiger partial charge is 0.468 e. The average Bonchev–Trinajstić information content (AvgIpc) is 2.99. The Bertz CT molecular complexity index is 566. The Kier molecular flexibility index (Phi) is 5.42. The third-order valence-corrected chi connectivity index (χ3v) is 3.54. The minimum atomic E-state index is -0.0597. The summed E-state index contributed by atoms with van der Waals surface area (Å²) in [5, 5.41) is 6.75. The van der Waals surface area contributed by atoms with Gasteiger partial charge < -0.3 is 9.73 Å². The minimum absolute atomic E-state index is 0.00316. The maximum atomic E-state index is 11.9. The second-order valence-electron chi connectivity index (χ2n) is 4.96. The highest BCUT2D eigenvalue weighted by Crippen LogP contribution is 2.16. The van der Waals surface area contributed by atoms with Crippen molar-refractivity contribution in [1.29, 1.82) is 0 Å². The Labute approximate surface area is 129 Å². The number of furan rings is 1. The van der Waals surface area contributed by atoms with Gasteiger partial charge in [-0.1, -0.05) is 23.7 Å². The van der Waals surface area contributed by atoms with Gasteiger partial charge in [0.2, 0.25) is 5.91 Å². The van der Waals surface area contributed by atoms with Crippen molar-refractivity contribution in [3.05, 3.63) is 59.0 Å². The Morgan fingerprint density at radius 1 is 1.19 bits per heavy atom. The standard InChI is InChI=1S/C16H19ClN2O2/c1-11(13-5-7-14(17)8-6-13)19-16(20)10-18-12(2)15-4-3-9-21-15/h3-9,11-12,18H,10H2,1-2H3,(H,19,20)/t11-,12-/m1/s1. The van der Waals surface area contributed by atoms with Crippen LogP contribution in [0.4, 0.5) is 0 Å². The molecule has 4 nitrogen and oxygen atoms in total. The maximum absolute atomic E-state index is 11.9. The summed E-state index contributed by atoms with van der Waals surface area (Å²) in [6.45, 7) is 4.13. The lowest BCUT2D eigenvalue weighted by Crippen LogP contribution is -2.36. The molecule has 112 valence electrons. The van der Waals surface area contributed by atoms with Gasteiger partial charge in [0.25, 0.3) is 0 Å². The molecule has 0 aliphatic carbocycles. The first-order valence-corrected chi connectivity index (χ1v) is 7.25. The molecule has 2 N–H and O–H groups in total. The lowest BCUT2D eigenvalue weighted by molar-refractivity contribution is -0.121. The zero-order valence-corrected chi connectivity index (χ0v) is 12.9. The van der Waals surface area contributed by atoms with E-state index in [0.29, 0.717) is 5.02 Å². The predicted octanol–water partition coefficient (Wildman–Crippen LogP) is 3.46. The molecule has 5 heteroatoms. The molecule has 1 amide bonds. The highest BCUT2D eigenvalue weighted by Gasteiger charge is 2.12. The second-order valence-corrected chi connectivity index (χ2v) is 5.40. The van der Waals surface area contributed by atoms with Gasteiger partial charge in [-0.15, -0.1) is 0 Å². The molecule has 0 saturated carbocycles. The Hall–Kier alpha value is -1.78. The summed E-state index contributed by atoms with van der Waals surface area (Å²) in [6, 6.07) is 11.1. The Morgan fingerprint density at radius 3 is 2.52 bits per heavy atom. The van der Waals surface area contributed by atoms with E-state index in [1.54, 1.807) is 6.26 Å². The number of carbonyl (C=O) groups is 1. The molecule has 0 bridgehead atoms. The molecule has 0 radical (unpaired) electrons. The van der Waals surface area contributed by atoms with Crippen LogP contribution in [0, 0.1) is 0 Å². The molecule has 1 aromatic heterocycles. The topological polar surface area (TPSA) is 54.3 Å². The molecule has 1 aromatic carbocycles. The fraction of sp³-hybridized carbons (Fsp3) is 0.312. The van der Waals surface area contributed by atoms with Crippen LogP contribution in [0.1, 0.15) is 37.3 Å². The molecule has 2 rings (SSSR count). The quantitative estimate of drug-likeness (QED) is 0.859. The van der Waals surface area contributed by atoms with Crippen molar-refractivity contribution in [3.8, 4) is 0 Å². The van der Waals surface area contributed by atoms with Gasteiger partial charge in [-0.05, 0) is 43.7 Å². The van der Waals surface area contributed by atoms with Crippen molar-refractivity contribution in [2.75, 3.05) is 6.54 Å². The van der Waals surface area contributed by atoms with E-state index < -0.39 is 0 Å². The molecule has 0 aliphatic heterocycles. The van der Waals surface area contributed by atoms with Crippen molar-refractivity contribution in [2.24, 2.45) is 0 Å². The van der Waals surface area contributed by atoms with Crippen molar-refractivity contribution < 1.29 is 9.21 Å². The van der Waals surface area contributed by atoms with Crippen molar-refractivity contribution in [2.45, 2.75) is 25.9 Å². The smallest absolute Gasteiger partial charge is 0.234 e. The molecular weight excluding hydrogens is 288 g/mol. The van der Waals surface area contributed by atoms with Crippen LogP contribution in [0.25, 0.3) is 0 Å². The number of hydrogen-bond acceptors (Lipinski definition) is 3. The lowest BCUT2D eigenvalue weighted by atomic mass is 10.1. The third kappa shape index (κ3) is 4.62. The van der Waals surface area contributed by atoms with E-state index >= 15 is 0 Å². The number of nitrogens with one attached hydrogen (secondary N) is 2. The molecule has 0 aliphatic rings. The van der Waals surface area contributed by atoms with Crippen LogP contribution in [0.5, 0.6) is 0 Å². The van der Waals surface area contributed by atoms with E-state index in [1.807, 2.05) is 50.2 Å². The fourth-order valence-corrected chi connectivity index (χ4v) is 2.14. The number of benzene rings is 1. The van der Waals surface area contributed by atoms with Crippen LogP contribution in [0.15, 0.2) is 47.1 Å². The lowest BCUT2D eigenvalue weighted by Gasteiger charge is -2.16. The van der Waals surface area contributed by atoms with E-state index in [2.05, 4.69) is 10.6 Å². The molecule has 2 atom stereocenters. The van der Waals surface area contributed by atoms with E-state index in [1.165, 1.54) is 0 Å². The van der Waals surface area contributed by atoms with Crippen molar-refractivity contribution >= 4 is 17.5 Å². The Morgan fingerprint density at radius 2 is 1.90 bits per heavy atom. The van der Waals surface area contributed by atoms with Gasteiger partial charge in [0.05, 0.1) is 24.9 Å². The summed E-state index contributed by atoms with van der Waals surface area (Å²) in [7, 11) is 0. The molecular formula is C16H19ClN2O2.